The Morgan fingerprint density at radius 1 is 1.60 bits per heavy atom. The molecule has 0 saturated carbocycles. The molecule has 0 bridgehead atoms. The van der Waals surface area contributed by atoms with E-state index in [-0.39, 0.29) is 19.1 Å². The van der Waals surface area contributed by atoms with Crippen LogP contribution in [0.5, 0.6) is 0 Å². The summed E-state index contributed by atoms with van der Waals surface area (Å²) in [7, 11) is 0. The van der Waals surface area contributed by atoms with E-state index >= 15 is 0 Å². The SMILES string of the molecule is CC(C(=O)NCc1ccco1)N1CCOCC1C(=O)O. The van der Waals surface area contributed by atoms with Crippen LogP contribution in [0.2, 0.25) is 0 Å². The maximum Gasteiger partial charge on any atom is 0.323 e. The van der Waals surface area contributed by atoms with Crippen molar-refractivity contribution in [2.75, 3.05) is 19.8 Å². The molecule has 2 rings (SSSR count). The van der Waals surface area contributed by atoms with Gasteiger partial charge in [0, 0.05) is 6.54 Å². The quantitative estimate of drug-likeness (QED) is 0.794. The molecule has 1 aliphatic rings. The lowest BCUT2D eigenvalue weighted by molar-refractivity contribution is -0.153. The number of nitrogens with zero attached hydrogens (tertiary/aromatic N) is 1. The topological polar surface area (TPSA) is 92.0 Å². The lowest BCUT2D eigenvalue weighted by Gasteiger charge is -2.36. The summed E-state index contributed by atoms with van der Waals surface area (Å²) in [4.78, 5) is 24.9. The van der Waals surface area contributed by atoms with Crippen molar-refractivity contribution in [1.82, 2.24) is 10.2 Å². The minimum atomic E-state index is -0.976. The molecule has 1 aromatic rings. The van der Waals surface area contributed by atoms with Crippen molar-refractivity contribution in [3.05, 3.63) is 24.2 Å². The van der Waals surface area contributed by atoms with Crippen molar-refractivity contribution >= 4 is 11.9 Å². The van der Waals surface area contributed by atoms with Gasteiger partial charge in [-0.05, 0) is 19.1 Å². The van der Waals surface area contributed by atoms with Gasteiger partial charge in [-0.3, -0.25) is 14.5 Å². The molecule has 110 valence electrons. The average molecular weight is 282 g/mol. The Balaban J connectivity index is 1.92. The number of carbonyl (C=O) groups excluding carboxylic acids is 1. The highest BCUT2D eigenvalue weighted by Gasteiger charge is 2.35. The number of furan rings is 1. The molecular weight excluding hydrogens is 264 g/mol. The zero-order valence-corrected chi connectivity index (χ0v) is 11.2. The summed E-state index contributed by atoms with van der Waals surface area (Å²) in [5.74, 6) is -0.549. The van der Waals surface area contributed by atoms with Gasteiger partial charge in [-0.15, -0.1) is 0 Å². The lowest BCUT2D eigenvalue weighted by Crippen LogP contribution is -2.57. The maximum atomic E-state index is 12.1. The van der Waals surface area contributed by atoms with Gasteiger partial charge in [0.15, 0.2) is 0 Å². The highest BCUT2D eigenvalue weighted by molar-refractivity contribution is 5.82. The first-order chi connectivity index (χ1) is 9.59. The van der Waals surface area contributed by atoms with E-state index in [4.69, 9.17) is 14.3 Å². The van der Waals surface area contributed by atoms with E-state index in [9.17, 15) is 9.59 Å². The number of carboxylic acids is 1. The molecule has 2 N–H and O–H groups in total. The van der Waals surface area contributed by atoms with Gasteiger partial charge < -0.3 is 19.6 Å². The number of carboxylic acid groups (broad SMARTS) is 1. The molecule has 7 nitrogen and oxygen atoms in total. The molecule has 1 fully saturated rings. The highest BCUT2D eigenvalue weighted by atomic mass is 16.5. The fraction of sp³-hybridized carbons (Fsp3) is 0.538. The summed E-state index contributed by atoms with van der Waals surface area (Å²) < 4.78 is 10.3. The summed E-state index contributed by atoms with van der Waals surface area (Å²) >= 11 is 0. The van der Waals surface area contributed by atoms with E-state index in [2.05, 4.69) is 5.32 Å². The number of amides is 1. The van der Waals surface area contributed by atoms with Crippen LogP contribution >= 0.6 is 0 Å². The maximum absolute atomic E-state index is 12.1. The number of carbonyl (C=O) groups is 2. The molecule has 7 heteroatoms. The molecule has 20 heavy (non-hydrogen) atoms. The zero-order chi connectivity index (χ0) is 14.5. The minimum Gasteiger partial charge on any atom is -0.480 e. The largest absolute Gasteiger partial charge is 0.480 e. The van der Waals surface area contributed by atoms with Crippen molar-refractivity contribution in [2.24, 2.45) is 0 Å². The van der Waals surface area contributed by atoms with E-state index in [1.54, 1.807) is 24.0 Å². The standard InChI is InChI=1S/C13H18N2O5/c1-9(12(16)14-7-10-3-2-5-20-10)15-4-6-19-8-11(15)13(17)18/h2-3,5,9,11H,4,6-8H2,1H3,(H,14,16)(H,17,18). The van der Waals surface area contributed by atoms with Crippen LogP contribution in [0.1, 0.15) is 12.7 Å². The molecule has 1 saturated heterocycles. The van der Waals surface area contributed by atoms with Crippen LogP contribution in [0.25, 0.3) is 0 Å². The summed E-state index contributed by atoms with van der Waals surface area (Å²) in [6.07, 6.45) is 1.54. The zero-order valence-electron chi connectivity index (χ0n) is 11.2. The van der Waals surface area contributed by atoms with E-state index in [1.807, 2.05) is 0 Å². The van der Waals surface area contributed by atoms with Gasteiger partial charge >= 0.3 is 5.97 Å². The summed E-state index contributed by atoms with van der Waals surface area (Å²) in [5.41, 5.74) is 0. The average Bonchev–Trinajstić information content (AvgIpc) is 2.97. The minimum absolute atomic E-state index is 0.102. The number of nitrogens with one attached hydrogen (secondary N) is 1. The van der Waals surface area contributed by atoms with Crippen LogP contribution in [0, 0.1) is 0 Å². The molecule has 2 heterocycles. The van der Waals surface area contributed by atoms with E-state index < -0.39 is 18.1 Å². The van der Waals surface area contributed by atoms with E-state index in [0.29, 0.717) is 18.9 Å². The normalized spacial score (nSPS) is 21.4. The number of morpholine rings is 1. The van der Waals surface area contributed by atoms with Crippen molar-refractivity contribution in [3.63, 3.8) is 0 Å². The van der Waals surface area contributed by atoms with Crippen molar-refractivity contribution in [2.45, 2.75) is 25.6 Å². The van der Waals surface area contributed by atoms with Crippen molar-refractivity contribution < 1.29 is 23.8 Å². The highest BCUT2D eigenvalue weighted by Crippen LogP contribution is 2.12. The third-order valence-electron chi connectivity index (χ3n) is 3.35. The fourth-order valence-electron chi connectivity index (χ4n) is 2.18. The van der Waals surface area contributed by atoms with Crippen LogP contribution in [-0.2, 0) is 20.9 Å². The molecule has 2 atom stereocenters. The molecule has 0 aliphatic carbocycles. The molecular formula is C13H18N2O5. The summed E-state index contributed by atoms with van der Waals surface area (Å²) in [6.45, 7) is 2.94. The first-order valence-corrected chi connectivity index (χ1v) is 6.46. The van der Waals surface area contributed by atoms with Crippen LogP contribution in [-0.4, -0.2) is 53.7 Å². The smallest absolute Gasteiger partial charge is 0.323 e. The third-order valence-corrected chi connectivity index (χ3v) is 3.35. The molecule has 1 aliphatic heterocycles. The Kier molecular flexibility index (Phi) is 4.75. The van der Waals surface area contributed by atoms with Gasteiger partial charge in [0.2, 0.25) is 5.91 Å². The van der Waals surface area contributed by atoms with Crippen molar-refractivity contribution in [3.8, 4) is 0 Å². The first kappa shape index (κ1) is 14.5. The molecule has 2 unspecified atom stereocenters. The number of ether oxygens (including phenoxy) is 1. The molecule has 1 aromatic heterocycles. The van der Waals surface area contributed by atoms with Crippen LogP contribution in [0.4, 0.5) is 0 Å². The Morgan fingerprint density at radius 3 is 3.05 bits per heavy atom. The van der Waals surface area contributed by atoms with Gasteiger partial charge in [-0.1, -0.05) is 0 Å². The van der Waals surface area contributed by atoms with Crippen LogP contribution < -0.4 is 5.32 Å². The van der Waals surface area contributed by atoms with Crippen molar-refractivity contribution in [1.29, 1.82) is 0 Å². The third kappa shape index (κ3) is 3.37. The Bertz CT molecular complexity index is 459. The fourth-order valence-corrected chi connectivity index (χ4v) is 2.18. The van der Waals surface area contributed by atoms with Crippen LogP contribution in [0.15, 0.2) is 22.8 Å². The second-order valence-electron chi connectivity index (χ2n) is 4.64. The number of hydrogen-bond donors (Lipinski definition) is 2. The molecule has 1 amide bonds. The first-order valence-electron chi connectivity index (χ1n) is 6.46. The molecule has 0 aromatic carbocycles. The molecule has 0 radical (unpaired) electrons. The second kappa shape index (κ2) is 6.53. The number of aliphatic carboxylic acids is 1. The van der Waals surface area contributed by atoms with E-state index in [1.165, 1.54) is 6.26 Å². The van der Waals surface area contributed by atoms with Gasteiger partial charge in [-0.2, -0.15) is 0 Å². The predicted octanol–water partition coefficient (Wildman–Crippen LogP) is 0.0697. The summed E-state index contributed by atoms with van der Waals surface area (Å²) in [6, 6.07) is 2.19. The lowest BCUT2D eigenvalue weighted by atomic mass is 10.1. The van der Waals surface area contributed by atoms with Gasteiger partial charge in [0.25, 0.3) is 0 Å². The number of hydrogen-bond acceptors (Lipinski definition) is 5. The van der Waals surface area contributed by atoms with Gasteiger partial charge in [0.05, 0.1) is 32.1 Å². The van der Waals surface area contributed by atoms with Gasteiger partial charge in [-0.25, -0.2) is 0 Å². The monoisotopic (exact) mass is 282 g/mol. The Morgan fingerprint density at radius 2 is 2.40 bits per heavy atom. The second-order valence-corrected chi connectivity index (χ2v) is 4.64. The Hall–Kier alpha value is -1.86. The van der Waals surface area contributed by atoms with E-state index in [0.717, 1.165) is 0 Å². The van der Waals surface area contributed by atoms with Crippen LogP contribution in [0.3, 0.4) is 0 Å². The number of rotatable bonds is 5. The summed E-state index contributed by atoms with van der Waals surface area (Å²) in [5, 5.41) is 11.9. The molecule has 0 spiro atoms. The predicted molar refractivity (Wildman–Crippen MR) is 69.0 cm³/mol. The van der Waals surface area contributed by atoms with Gasteiger partial charge in [0.1, 0.15) is 11.8 Å². The Labute approximate surface area is 116 Å².